The van der Waals surface area contributed by atoms with Gasteiger partial charge in [-0.1, -0.05) is 41.0 Å². The summed E-state index contributed by atoms with van der Waals surface area (Å²) in [5.74, 6) is 0.386. The quantitative estimate of drug-likeness (QED) is 0.260. The molecule has 36 heavy (non-hydrogen) atoms. The molecule has 4 aromatic heterocycles. The topological polar surface area (TPSA) is 42.7 Å². The maximum absolute atomic E-state index is 5.26. The summed E-state index contributed by atoms with van der Waals surface area (Å²) in [6, 6.07) is 9.07. The summed E-state index contributed by atoms with van der Waals surface area (Å²) in [4.78, 5) is 11.4. The Morgan fingerprint density at radius 3 is 2.36 bits per heavy atom. The van der Waals surface area contributed by atoms with Crippen molar-refractivity contribution in [3.05, 3.63) is 63.2 Å². The van der Waals surface area contributed by atoms with E-state index in [0.29, 0.717) is 12.0 Å². The van der Waals surface area contributed by atoms with Gasteiger partial charge in [-0.2, -0.15) is 0 Å². The number of hydrogen-bond acceptors (Lipinski definition) is 4. The summed E-state index contributed by atoms with van der Waals surface area (Å²) in [7, 11) is 0. The third-order valence-corrected chi connectivity index (χ3v) is 7.65. The number of hydrogen-bond donors (Lipinski definition) is 1. The maximum atomic E-state index is 5.26. The zero-order valence-corrected chi connectivity index (χ0v) is 24.5. The van der Waals surface area contributed by atoms with E-state index in [-0.39, 0.29) is 0 Å². The van der Waals surface area contributed by atoms with Crippen LogP contribution < -0.4 is 5.32 Å². The molecule has 0 aliphatic rings. The van der Waals surface area contributed by atoms with E-state index in [1.807, 2.05) is 23.6 Å². The predicted molar refractivity (Wildman–Crippen MR) is 159 cm³/mol. The first-order valence-corrected chi connectivity index (χ1v) is 14.4. The molecule has 1 N–H and O–H groups in total. The van der Waals surface area contributed by atoms with Crippen molar-refractivity contribution < 1.29 is 0 Å². The van der Waals surface area contributed by atoms with Crippen LogP contribution in [0.2, 0.25) is 0 Å². The first-order chi connectivity index (χ1) is 17.3. The number of anilines is 1. The molecule has 194 valence electrons. The van der Waals surface area contributed by atoms with Crippen molar-refractivity contribution >= 4 is 28.1 Å². The standard InChI is InChI=1S/C28H36N4S.C3H8/c1-8-19(6)26-22(11-10-12-29-26)23-14-24(30-15-21-13-18(5)16-33-21)28-27(31-23)20(7)25(9-2)32(28)17(3)4;1-3-2/h10-14,16-17,19H,8-9,15H2,1-7H3,(H,30,31);3H2,1-2H3. The van der Waals surface area contributed by atoms with Crippen LogP contribution in [0.5, 0.6) is 0 Å². The van der Waals surface area contributed by atoms with E-state index in [0.717, 1.165) is 47.5 Å². The van der Waals surface area contributed by atoms with Crippen LogP contribution in [0.15, 0.2) is 35.8 Å². The molecule has 5 heteroatoms. The summed E-state index contributed by atoms with van der Waals surface area (Å²) in [6.45, 7) is 20.7. The van der Waals surface area contributed by atoms with Crippen LogP contribution in [0, 0.1) is 13.8 Å². The van der Waals surface area contributed by atoms with Gasteiger partial charge in [-0.15, -0.1) is 11.3 Å². The fourth-order valence-electron chi connectivity index (χ4n) is 4.76. The number of nitrogens with zero attached hydrogens (tertiary/aromatic N) is 3. The van der Waals surface area contributed by atoms with Gasteiger partial charge in [-0.25, -0.2) is 4.98 Å². The number of fused-ring (bicyclic) bond motifs is 1. The molecule has 0 radical (unpaired) electrons. The van der Waals surface area contributed by atoms with Crippen LogP contribution in [-0.2, 0) is 13.0 Å². The Balaban J connectivity index is 0.00000115. The molecule has 4 aromatic rings. The van der Waals surface area contributed by atoms with Gasteiger partial charge < -0.3 is 9.88 Å². The smallest absolute Gasteiger partial charge is 0.0942 e. The fourth-order valence-corrected chi connectivity index (χ4v) is 5.57. The minimum atomic E-state index is 0.363. The Hall–Kier alpha value is -2.66. The van der Waals surface area contributed by atoms with E-state index in [9.17, 15) is 0 Å². The zero-order valence-electron chi connectivity index (χ0n) is 23.7. The highest BCUT2D eigenvalue weighted by Gasteiger charge is 2.22. The largest absolute Gasteiger partial charge is 0.378 e. The first kappa shape index (κ1) is 27.9. The van der Waals surface area contributed by atoms with Crippen molar-refractivity contribution in [3.63, 3.8) is 0 Å². The lowest BCUT2D eigenvalue weighted by atomic mass is 9.97. The first-order valence-electron chi connectivity index (χ1n) is 13.5. The molecule has 4 heterocycles. The lowest BCUT2D eigenvalue weighted by Gasteiger charge is -2.18. The summed E-state index contributed by atoms with van der Waals surface area (Å²) in [5.41, 5.74) is 10.7. The molecule has 4 nitrogen and oxygen atoms in total. The van der Waals surface area contributed by atoms with Crippen molar-refractivity contribution in [3.8, 4) is 11.3 Å². The SMILES string of the molecule is CCC.CCc1c(C)c2nc(-c3cccnc3C(C)CC)cc(NCc3cc(C)cs3)c2n1C(C)C. The van der Waals surface area contributed by atoms with Crippen molar-refractivity contribution in [2.24, 2.45) is 0 Å². The van der Waals surface area contributed by atoms with Crippen LogP contribution in [-0.4, -0.2) is 14.5 Å². The molecule has 0 bridgehead atoms. The number of thiophene rings is 1. The Morgan fingerprint density at radius 1 is 1.06 bits per heavy atom. The Bertz CT molecular complexity index is 1280. The molecule has 0 aliphatic heterocycles. The Labute approximate surface area is 222 Å². The fraction of sp³-hybridized carbons (Fsp3) is 0.484. The molecule has 4 rings (SSSR count). The van der Waals surface area contributed by atoms with E-state index in [2.05, 4.69) is 95.8 Å². The van der Waals surface area contributed by atoms with E-state index >= 15 is 0 Å². The van der Waals surface area contributed by atoms with Gasteiger partial charge >= 0.3 is 0 Å². The minimum absolute atomic E-state index is 0.363. The van der Waals surface area contributed by atoms with Gasteiger partial charge in [-0.05, 0) is 87.2 Å². The molecule has 0 fully saturated rings. The zero-order chi connectivity index (χ0) is 26.4. The third-order valence-electron chi connectivity index (χ3n) is 6.60. The normalized spacial score (nSPS) is 12.1. The van der Waals surface area contributed by atoms with Crippen LogP contribution in [0.1, 0.15) is 101 Å². The second-order valence-electron chi connectivity index (χ2n) is 10.0. The van der Waals surface area contributed by atoms with E-state index in [4.69, 9.17) is 9.97 Å². The van der Waals surface area contributed by atoms with Gasteiger partial charge in [-0.3, -0.25) is 4.98 Å². The second kappa shape index (κ2) is 12.5. The number of nitrogens with one attached hydrogen (secondary N) is 1. The number of pyridine rings is 2. The molecule has 1 atom stereocenters. The molecular formula is C31H44N4S. The monoisotopic (exact) mass is 504 g/mol. The summed E-state index contributed by atoms with van der Waals surface area (Å²) in [5, 5.41) is 6.00. The second-order valence-corrected chi connectivity index (χ2v) is 11.0. The van der Waals surface area contributed by atoms with Gasteiger partial charge in [0.2, 0.25) is 0 Å². The maximum Gasteiger partial charge on any atom is 0.0942 e. The number of aryl methyl sites for hydroxylation is 2. The highest BCUT2D eigenvalue weighted by molar-refractivity contribution is 7.10. The van der Waals surface area contributed by atoms with Crippen molar-refractivity contribution in [1.82, 2.24) is 14.5 Å². The van der Waals surface area contributed by atoms with Gasteiger partial charge in [0.05, 0.1) is 28.1 Å². The van der Waals surface area contributed by atoms with Gasteiger partial charge in [0, 0.05) is 34.9 Å². The highest BCUT2D eigenvalue weighted by Crippen LogP contribution is 2.38. The van der Waals surface area contributed by atoms with Crippen LogP contribution in [0.25, 0.3) is 22.3 Å². The predicted octanol–water partition coefficient (Wildman–Crippen LogP) is 9.46. The Morgan fingerprint density at radius 2 is 1.78 bits per heavy atom. The lowest BCUT2D eigenvalue weighted by molar-refractivity contribution is 0.596. The molecular weight excluding hydrogens is 460 g/mol. The average molecular weight is 505 g/mol. The molecule has 0 saturated heterocycles. The van der Waals surface area contributed by atoms with Crippen molar-refractivity contribution in [2.75, 3.05) is 5.32 Å². The average Bonchev–Trinajstić information content (AvgIpc) is 3.42. The molecule has 0 aromatic carbocycles. The molecule has 0 aliphatic carbocycles. The van der Waals surface area contributed by atoms with Crippen molar-refractivity contribution in [1.29, 1.82) is 0 Å². The summed E-state index contributed by atoms with van der Waals surface area (Å²) in [6.07, 6.45) is 5.19. The Kier molecular flexibility index (Phi) is 9.72. The van der Waals surface area contributed by atoms with Crippen LogP contribution in [0.3, 0.4) is 0 Å². The summed E-state index contributed by atoms with van der Waals surface area (Å²) < 4.78 is 2.47. The van der Waals surface area contributed by atoms with Gasteiger partial charge in [0.15, 0.2) is 0 Å². The van der Waals surface area contributed by atoms with Crippen LogP contribution >= 0.6 is 11.3 Å². The number of rotatable bonds is 8. The van der Waals surface area contributed by atoms with Gasteiger partial charge in [0.1, 0.15) is 0 Å². The highest BCUT2D eigenvalue weighted by atomic mass is 32.1. The number of aromatic nitrogens is 3. The molecule has 0 saturated carbocycles. The van der Waals surface area contributed by atoms with E-state index < -0.39 is 0 Å². The molecule has 0 amide bonds. The molecule has 0 spiro atoms. The van der Waals surface area contributed by atoms with Crippen molar-refractivity contribution in [2.45, 2.75) is 100 Å². The summed E-state index contributed by atoms with van der Waals surface area (Å²) >= 11 is 1.81. The van der Waals surface area contributed by atoms with Gasteiger partial charge in [0.25, 0.3) is 0 Å². The molecule has 1 unspecified atom stereocenters. The minimum Gasteiger partial charge on any atom is -0.378 e. The lowest BCUT2D eigenvalue weighted by Crippen LogP contribution is -2.08. The van der Waals surface area contributed by atoms with Crippen LogP contribution in [0.4, 0.5) is 5.69 Å². The van der Waals surface area contributed by atoms with E-state index in [1.54, 1.807) is 0 Å². The van der Waals surface area contributed by atoms with E-state index in [1.165, 1.54) is 33.6 Å². The third kappa shape index (κ3) is 5.83.